The zero-order valence-corrected chi connectivity index (χ0v) is 12.7. The molecule has 1 heterocycles. The zero-order chi connectivity index (χ0) is 14.2. The van der Waals surface area contributed by atoms with Crippen LogP contribution in [0.5, 0.6) is 0 Å². The molecule has 1 amide bonds. The van der Waals surface area contributed by atoms with Crippen LogP contribution in [0.15, 0.2) is 22.8 Å². The number of hydrogen-bond donors (Lipinski definition) is 0. The molecule has 3 heteroatoms. The fourth-order valence-corrected chi connectivity index (χ4v) is 3.95. The minimum Gasteiger partial charge on any atom is -0.469 e. The summed E-state index contributed by atoms with van der Waals surface area (Å²) in [6.45, 7) is 1.02. The van der Waals surface area contributed by atoms with Crippen LogP contribution in [0, 0.1) is 11.8 Å². The van der Waals surface area contributed by atoms with Crippen molar-refractivity contribution in [3.63, 3.8) is 0 Å². The molecule has 0 radical (unpaired) electrons. The third-order valence-corrected chi connectivity index (χ3v) is 5.47. The molecule has 0 spiro atoms. The minimum absolute atomic E-state index is 0.195. The van der Waals surface area contributed by atoms with Crippen LogP contribution >= 0.6 is 0 Å². The average molecular weight is 287 g/mol. The van der Waals surface area contributed by atoms with Crippen LogP contribution < -0.4 is 0 Å². The number of carbonyl (C=O) groups is 1. The molecule has 0 N–H and O–H groups in total. The summed E-state index contributed by atoms with van der Waals surface area (Å²) >= 11 is 0. The lowest BCUT2D eigenvalue weighted by atomic mass is 9.89. The van der Waals surface area contributed by atoms with Crippen molar-refractivity contribution in [2.75, 3.05) is 6.54 Å². The van der Waals surface area contributed by atoms with E-state index >= 15 is 0 Å². The summed E-state index contributed by atoms with van der Waals surface area (Å²) in [5, 5.41) is 0. The van der Waals surface area contributed by atoms with Crippen molar-refractivity contribution in [2.45, 2.75) is 63.3 Å². The van der Waals surface area contributed by atoms with Crippen molar-refractivity contribution in [3.8, 4) is 0 Å². The quantitative estimate of drug-likeness (QED) is 0.821. The predicted octanol–water partition coefficient (Wildman–Crippen LogP) is 3.95. The van der Waals surface area contributed by atoms with E-state index in [0.717, 1.165) is 24.6 Å². The number of amides is 1. The second-order valence-electron chi connectivity index (χ2n) is 7.19. The van der Waals surface area contributed by atoms with Crippen molar-refractivity contribution >= 4 is 5.91 Å². The molecule has 4 rings (SSSR count). The van der Waals surface area contributed by atoms with Gasteiger partial charge in [-0.1, -0.05) is 19.3 Å². The Hall–Kier alpha value is -1.25. The van der Waals surface area contributed by atoms with Gasteiger partial charge in [-0.3, -0.25) is 4.79 Å². The Morgan fingerprint density at radius 1 is 1.19 bits per heavy atom. The summed E-state index contributed by atoms with van der Waals surface area (Å²) in [5.74, 6) is 2.70. The molecule has 0 aliphatic heterocycles. The molecule has 114 valence electrons. The van der Waals surface area contributed by atoms with E-state index < -0.39 is 0 Å². The second kappa shape index (κ2) is 5.51. The zero-order valence-electron chi connectivity index (χ0n) is 12.7. The maximum Gasteiger partial charge on any atom is 0.226 e. The predicted molar refractivity (Wildman–Crippen MR) is 80.9 cm³/mol. The molecule has 0 saturated heterocycles. The number of furan rings is 1. The molecule has 0 aromatic carbocycles. The molecule has 1 aromatic rings. The molecule has 3 saturated carbocycles. The Labute approximate surface area is 126 Å². The van der Waals surface area contributed by atoms with E-state index in [-0.39, 0.29) is 5.92 Å². The summed E-state index contributed by atoms with van der Waals surface area (Å²) in [6, 6.07) is 4.49. The third-order valence-electron chi connectivity index (χ3n) is 5.47. The Balaban J connectivity index is 1.39. The lowest BCUT2D eigenvalue weighted by Crippen LogP contribution is -2.39. The van der Waals surface area contributed by atoms with Gasteiger partial charge in [0.05, 0.1) is 6.26 Å². The van der Waals surface area contributed by atoms with Gasteiger partial charge in [0.1, 0.15) is 5.76 Å². The monoisotopic (exact) mass is 287 g/mol. The summed E-state index contributed by atoms with van der Waals surface area (Å²) < 4.78 is 5.47. The van der Waals surface area contributed by atoms with Crippen LogP contribution in [-0.2, 0) is 4.79 Å². The first-order chi connectivity index (χ1) is 10.3. The van der Waals surface area contributed by atoms with Gasteiger partial charge >= 0.3 is 0 Å². The molecule has 3 nitrogen and oxygen atoms in total. The number of carbonyl (C=O) groups excluding carboxylic acids is 1. The maximum atomic E-state index is 12.9. The maximum absolute atomic E-state index is 12.9. The molecule has 3 aliphatic rings. The highest BCUT2D eigenvalue weighted by Crippen LogP contribution is 2.49. The van der Waals surface area contributed by atoms with Crippen LogP contribution in [0.3, 0.4) is 0 Å². The summed E-state index contributed by atoms with van der Waals surface area (Å²) in [5.41, 5.74) is 0. The van der Waals surface area contributed by atoms with Crippen molar-refractivity contribution in [1.29, 1.82) is 0 Å². The van der Waals surface area contributed by atoms with E-state index in [1.54, 1.807) is 6.26 Å². The normalized spacial score (nSPS) is 29.3. The molecular weight excluding hydrogens is 262 g/mol. The van der Waals surface area contributed by atoms with Gasteiger partial charge in [0.2, 0.25) is 5.91 Å². The molecule has 21 heavy (non-hydrogen) atoms. The lowest BCUT2D eigenvalue weighted by Gasteiger charge is -2.30. The number of nitrogens with zero attached hydrogens (tertiary/aromatic N) is 1. The summed E-state index contributed by atoms with van der Waals surface area (Å²) in [6.07, 6.45) is 11.9. The topological polar surface area (TPSA) is 33.5 Å². The first-order valence-electron chi connectivity index (χ1n) is 8.67. The van der Waals surface area contributed by atoms with E-state index in [1.165, 1.54) is 44.9 Å². The fourth-order valence-electron chi connectivity index (χ4n) is 3.95. The Morgan fingerprint density at radius 2 is 2.00 bits per heavy atom. The Kier molecular flexibility index (Phi) is 3.52. The fraction of sp³-hybridized carbons (Fsp3) is 0.722. The highest BCUT2D eigenvalue weighted by atomic mass is 16.3. The third kappa shape index (κ3) is 2.88. The second-order valence-corrected chi connectivity index (χ2v) is 7.19. The van der Waals surface area contributed by atoms with E-state index in [1.807, 2.05) is 12.1 Å². The SMILES string of the molecule is O=C(C1CC1c1ccco1)N(CC1CCCCC1)C1CC1. The van der Waals surface area contributed by atoms with Gasteiger partial charge in [-0.25, -0.2) is 0 Å². The van der Waals surface area contributed by atoms with Gasteiger partial charge in [-0.2, -0.15) is 0 Å². The highest BCUT2D eigenvalue weighted by molar-refractivity contribution is 5.83. The van der Waals surface area contributed by atoms with E-state index in [2.05, 4.69) is 4.90 Å². The van der Waals surface area contributed by atoms with Crippen LogP contribution in [0.1, 0.15) is 63.0 Å². The van der Waals surface area contributed by atoms with Gasteiger partial charge < -0.3 is 9.32 Å². The van der Waals surface area contributed by atoms with Crippen molar-refractivity contribution in [2.24, 2.45) is 11.8 Å². The molecule has 0 bridgehead atoms. The molecule has 3 aliphatic carbocycles. The van der Waals surface area contributed by atoms with Crippen molar-refractivity contribution in [1.82, 2.24) is 4.90 Å². The van der Waals surface area contributed by atoms with E-state index in [4.69, 9.17) is 4.42 Å². The van der Waals surface area contributed by atoms with E-state index in [0.29, 0.717) is 17.9 Å². The molecule has 2 atom stereocenters. The van der Waals surface area contributed by atoms with Crippen LogP contribution in [-0.4, -0.2) is 23.4 Å². The van der Waals surface area contributed by atoms with Gasteiger partial charge in [-0.05, 0) is 50.2 Å². The molecule has 1 aromatic heterocycles. The minimum atomic E-state index is 0.195. The molecule has 3 fully saturated rings. The smallest absolute Gasteiger partial charge is 0.226 e. The molecular formula is C18H25NO2. The largest absolute Gasteiger partial charge is 0.469 e. The van der Waals surface area contributed by atoms with Crippen molar-refractivity contribution in [3.05, 3.63) is 24.2 Å². The van der Waals surface area contributed by atoms with Crippen LogP contribution in [0.25, 0.3) is 0 Å². The Morgan fingerprint density at radius 3 is 2.67 bits per heavy atom. The van der Waals surface area contributed by atoms with Gasteiger partial charge in [-0.15, -0.1) is 0 Å². The van der Waals surface area contributed by atoms with Crippen LogP contribution in [0.2, 0.25) is 0 Å². The number of rotatable bonds is 5. The standard InChI is InChI=1S/C18H25NO2/c20-18(16-11-15(16)17-7-4-10-21-17)19(14-8-9-14)12-13-5-2-1-3-6-13/h4,7,10,13-16H,1-3,5-6,8-9,11-12H2. The number of hydrogen-bond acceptors (Lipinski definition) is 2. The molecule has 2 unspecified atom stereocenters. The van der Waals surface area contributed by atoms with Gasteiger partial charge in [0.15, 0.2) is 0 Å². The van der Waals surface area contributed by atoms with Crippen LogP contribution in [0.4, 0.5) is 0 Å². The lowest BCUT2D eigenvalue weighted by molar-refractivity contribution is -0.134. The van der Waals surface area contributed by atoms with Gasteiger partial charge in [0.25, 0.3) is 0 Å². The first-order valence-corrected chi connectivity index (χ1v) is 8.67. The van der Waals surface area contributed by atoms with Gasteiger partial charge in [0, 0.05) is 24.4 Å². The highest BCUT2D eigenvalue weighted by Gasteiger charge is 2.49. The van der Waals surface area contributed by atoms with Crippen molar-refractivity contribution < 1.29 is 9.21 Å². The van der Waals surface area contributed by atoms with E-state index in [9.17, 15) is 4.79 Å². The summed E-state index contributed by atoms with van der Waals surface area (Å²) in [7, 11) is 0. The average Bonchev–Trinajstić information content (AvgIpc) is 3.44. The Bertz CT molecular complexity index is 485. The first kappa shape index (κ1) is 13.4. The summed E-state index contributed by atoms with van der Waals surface area (Å²) in [4.78, 5) is 15.1.